The molecule has 1 saturated carbocycles. The van der Waals surface area contributed by atoms with E-state index in [1.807, 2.05) is 11.8 Å². The number of halogens is 4. The number of aryl methyl sites for hydroxylation is 1. The summed E-state index contributed by atoms with van der Waals surface area (Å²) in [5.41, 5.74) is 5.45. The van der Waals surface area contributed by atoms with Crippen molar-refractivity contribution in [3.05, 3.63) is 63.7 Å². The van der Waals surface area contributed by atoms with Gasteiger partial charge in [0.1, 0.15) is 0 Å². The minimum absolute atomic E-state index is 0.100. The highest BCUT2D eigenvalue weighted by Gasteiger charge is 2.63. The topological polar surface area (TPSA) is 88.3 Å². The van der Waals surface area contributed by atoms with Gasteiger partial charge in [0.25, 0.3) is 11.8 Å². The molecule has 0 spiro atoms. The number of hydrogen-bond acceptors (Lipinski definition) is 4. The number of nitrogens with one attached hydrogen (secondary N) is 1. The van der Waals surface area contributed by atoms with Crippen LogP contribution in [0.25, 0.3) is 0 Å². The quantitative estimate of drug-likeness (QED) is 0.453. The molecule has 10 heteroatoms. The van der Waals surface area contributed by atoms with E-state index >= 15 is 0 Å². The largest absolute Gasteiger partial charge is 0.366 e. The van der Waals surface area contributed by atoms with Gasteiger partial charge in [-0.05, 0) is 70.5 Å². The van der Waals surface area contributed by atoms with Gasteiger partial charge in [0.15, 0.2) is 5.82 Å². The smallest absolute Gasteiger partial charge is 0.251 e. The molecular formula is C26H32ClF3N4O2. The Kier molecular flexibility index (Phi) is 8.35. The average molecular weight is 525 g/mol. The lowest BCUT2D eigenvalue weighted by Gasteiger charge is -2.32. The van der Waals surface area contributed by atoms with Crippen LogP contribution in [0.2, 0.25) is 5.02 Å². The molecule has 6 nitrogen and oxygen atoms in total. The zero-order valence-corrected chi connectivity index (χ0v) is 21.6. The van der Waals surface area contributed by atoms with Crippen molar-refractivity contribution in [2.45, 2.75) is 57.4 Å². The third-order valence-electron chi connectivity index (χ3n) is 7.20. The van der Waals surface area contributed by atoms with Crippen molar-refractivity contribution in [1.82, 2.24) is 15.2 Å². The highest BCUT2D eigenvalue weighted by Crippen LogP contribution is 2.65. The Morgan fingerprint density at radius 3 is 2.42 bits per heavy atom. The number of carbonyl (C=O) groups excluding carboxylic acids is 2. The molecule has 2 atom stereocenters. The number of alkyl halides is 2. The lowest BCUT2D eigenvalue weighted by Crippen LogP contribution is -2.43. The first-order valence-corrected chi connectivity index (χ1v) is 12.1. The molecule has 0 radical (unpaired) electrons. The van der Waals surface area contributed by atoms with E-state index in [4.69, 9.17) is 17.3 Å². The summed E-state index contributed by atoms with van der Waals surface area (Å²) >= 11 is 6.14. The molecule has 3 rings (SSSR count). The Morgan fingerprint density at radius 1 is 1.25 bits per heavy atom. The van der Waals surface area contributed by atoms with Crippen molar-refractivity contribution in [1.29, 1.82) is 0 Å². The van der Waals surface area contributed by atoms with E-state index < -0.39 is 29.0 Å². The van der Waals surface area contributed by atoms with Gasteiger partial charge >= 0.3 is 0 Å². The van der Waals surface area contributed by atoms with Crippen molar-refractivity contribution >= 4 is 23.4 Å². The zero-order chi connectivity index (χ0) is 26.8. The number of pyridine rings is 1. The van der Waals surface area contributed by atoms with Gasteiger partial charge in [-0.25, -0.2) is 13.2 Å². The van der Waals surface area contributed by atoms with Crippen molar-refractivity contribution in [2.24, 2.45) is 11.1 Å². The summed E-state index contributed by atoms with van der Waals surface area (Å²) in [5.74, 6) is -5.76. The monoisotopic (exact) mass is 524 g/mol. The summed E-state index contributed by atoms with van der Waals surface area (Å²) in [7, 11) is 3.60. The van der Waals surface area contributed by atoms with Crippen molar-refractivity contribution in [3.63, 3.8) is 0 Å². The molecular weight excluding hydrogens is 493 g/mol. The number of primary amides is 1. The minimum atomic E-state index is -2.94. The van der Waals surface area contributed by atoms with Crippen LogP contribution in [0, 0.1) is 18.2 Å². The summed E-state index contributed by atoms with van der Waals surface area (Å²) in [6, 6.07) is 6.07. The Labute approximate surface area is 214 Å². The van der Waals surface area contributed by atoms with Gasteiger partial charge < -0.3 is 16.0 Å². The van der Waals surface area contributed by atoms with Crippen LogP contribution >= 0.6 is 11.6 Å². The normalized spacial score (nSPS) is 16.5. The fourth-order valence-electron chi connectivity index (χ4n) is 4.66. The molecule has 1 aliphatic rings. The number of benzene rings is 1. The number of likely N-dealkylation sites (N-methyl/N-ethyl adjacent to an activating group) is 1. The molecule has 0 saturated heterocycles. The number of carbonyl (C=O) groups is 2. The number of aromatic nitrogens is 1. The second kappa shape index (κ2) is 10.8. The third kappa shape index (κ3) is 6.00. The average Bonchev–Trinajstić information content (AvgIpc) is 3.60. The van der Waals surface area contributed by atoms with Crippen LogP contribution in [0.5, 0.6) is 0 Å². The highest BCUT2D eigenvalue weighted by atomic mass is 35.5. The van der Waals surface area contributed by atoms with Crippen LogP contribution in [0.4, 0.5) is 13.2 Å². The zero-order valence-electron chi connectivity index (χ0n) is 20.9. The summed E-state index contributed by atoms with van der Waals surface area (Å²) in [4.78, 5) is 30.4. The maximum atomic E-state index is 14.6. The summed E-state index contributed by atoms with van der Waals surface area (Å²) in [5, 5.41) is 2.66. The van der Waals surface area contributed by atoms with Crippen molar-refractivity contribution in [3.8, 4) is 0 Å². The summed E-state index contributed by atoms with van der Waals surface area (Å²) < 4.78 is 43.7. The first-order valence-electron chi connectivity index (χ1n) is 11.8. The number of rotatable bonds is 11. The molecule has 0 unspecified atom stereocenters. The SMILES string of the molecule is Cc1ccc([C@@H](CC(=O)NC[C@H](Cc2ccc(C(N)=O)c(F)c2Cl)N(C)C)C2(C(C)(F)F)CC2)cn1. The summed E-state index contributed by atoms with van der Waals surface area (Å²) in [6.45, 7) is 2.92. The number of amides is 2. The molecule has 36 heavy (non-hydrogen) atoms. The Hall–Kier alpha value is -2.65. The van der Waals surface area contributed by atoms with Crippen LogP contribution in [-0.2, 0) is 11.2 Å². The molecule has 3 N–H and O–H groups in total. The maximum absolute atomic E-state index is 14.6. The van der Waals surface area contributed by atoms with Crippen LogP contribution in [-0.4, -0.2) is 54.3 Å². The van der Waals surface area contributed by atoms with E-state index in [1.54, 1.807) is 32.4 Å². The van der Waals surface area contributed by atoms with Gasteiger partial charge in [-0.3, -0.25) is 14.6 Å². The highest BCUT2D eigenvalue weighted by molar-refractivity contribution is 6.32. The minimum Gasteiger partial charge on any atom is -0.366 e. The molecule has 1 aliphatic carbocycles. The van der Waals surface area contributed by atoms with E-state index in [2.05, 4.69) is 10.3 Å². The van der Waals surface area contributed by atoms with Crippen molar-refractivity contribution in [2.75, 3.05) is 20.6 Å². The second-order valence-corrected chi connectivity index (χ2v) is 10.3. The van der Waals surface area contributed by atoms with Crippen LogP contribution in [0.1, 0.15) is 59.3 Å². The maximum Gasteiger partial charge on any atom is 0.251 e. The van der Waals surface area contributed by atoms with Gasteiger partial charge in [0, 0.05) is 42.2 Å². The standard InChI is InChI=1S/C26H32ClF3N4O2/c1-15-5-6-17(13-32-15)20(26(9-10-26)25(2,29)30)12-21(35)33-14-18(34(3)4)11-16-7-8-19(24(31)36)23(28)22(16)27/h5-8,13,18,20H,9-12,14H2,1-4H3,(H2,31,36)(H,33,35)/t18-,20+/m0/s1. The third-order valence-corrected chi connectivity index (χ3v) is 7.61. The fourth-order valence-corrected chi connectivity index (χ4v) is 4.91. The molecule has 1 aromatic heterocycles. The van der Waals surface area contributed by atoms with E-state index in [1.165, 1.54) is 12.1 Å². The Balaban J connectivity index is 1.73. The Bertz CT molecular complexity index is 1120. The van der Waals surface area contributed by atoms with E-state index in [9.17, 15) is 22.8 Å². The lowest BCUT2D eigenvalue weighted by molar-refractivity contribution is -0.123. The van der Waals surface area contributed by atoms with Crippen LogP contribution in [0.15, 0.2) is 30.5 Å². The summed E-state index contributed by atoms with van der Waals surface area (Å²) in [6.07, 6.45) is 2.44. The van der Waals surface area contributed by atoms with E-state index in [0.717, 1.165) is 12.6 Å². The molecule has 0 bridgehead atoms. The Morgan fingerprint density at radius 2 is 1.92 bits per heavy atom. The predicted octanol–water partition coefficient (Wildman–Crippen LogP) is 4.48. The molecule has 2 amide bonds. The number of nitrogens with zero attached hydrogens (tertiary/aromatic N) is 2. The van der Waals surface area contributed by atoms with E-state index in [0.29, 0.717) is 24.0 Å². The van der Waals surface area contributed by atoms with E-state index in [-0.39, 0.29) is 41.9 Å². The molecule has 196 valence electrons. The molecule has 2 aromatic rings. The van der Waals surface area contributed by atoms with Gasteiger partial charge in [-0.2, -0.15) is 0 Å². The van der Waals surface area contributed by atoms with Gasteiger partial charge in [-0.1, -0.05) is 23.7 Å². The number of nitrogens with two attached hydrogens (primary N) is 1. The molecule has 1 fully saturated rings. The molecule has 0 aliphatic heterocycles. The first-order chi connectivity index (χ1) is 16.8. The van der Waals surface area contributed by atoms with Gasteiger partial charge in [-0.15, -0.1) is 0 Å². The predicted molar refractivity (Wildman–Crippen MR) is 133 cm³/mol. The van der Waals surface area contributed by atoms with Gasteiger partial charge in [0.05, 0.1) is 10.6 Å². The lowest BCUT2D eigenvalue weighted by atomic mass is 9.77. The second-order valence-electron chi connectivity index (χ2n) is 9.92. The first kappa shape index (κ1) is 27.9. The van der Waals surface area contributed by atoms with Crippen molar-refractivity contribution < 1.29 is 22.8 Å². The van der Waals surface area contributed by atoms with Crippen LogP contribution < -0.4 is 11.1 Å². The van der Waals surface area contributed by atoms with Gasteiger partial charge in [0.2, 0.25) is 5.91 Å². The molecule has 1 aromatic carbocycles. The van der Waals surface area contributed by atoms with Crippen LogP contribution in [0.3, 0.4) is 0 Å². The fraction of sp³-hybridized carbons (Fsp3) is 0.500. The number of hydrogen-bond donors (Lipinski definition) is 2. The molecule has 1 heterocycles.